The highest BCUT2D eigenvalue weighted by molar-refractivity contribution is 6.37. The summed E-state index contributed by atoms with van der Waals surface area (Å²) in [6.07, 6.45) is 0. The van der Waals surface area contributed by atoms with Gasteiger partial charge in [-0.1, -0.05) is 23.2 Å². The molecule has 0 atom stereocenters. The fourth-order valence-electron chi connectivity index (χ4n) is 1.64. The van der Waals surface area contributed by atoms with Crippen LogP contribution in [0.25, 0.3) is 0 Å². The molecule has 0 unspecified atom stereocenters. The van der Waals surface area contributed by atoms with Crippen molar-refractivity contribution in [3.05, 3.63) is 63.4 Å². The second kappa shape index (κ2) is 6.11. The van der Waals surface area contributed by atoms with E-state index in [1.165, 1.54) is 24.3 Å². The summed E-state index contributed by atoms with van der Waals surface area (Å²) in [6.45, 7) is 0. The van der Waals surface area contributed by atoms with E-state index in [0.717, 1.165) is 12.1 Å². The average molecular weight is 328 g/mol. The summed E-state index contributed by atoms with van der Waals surface area (Å²) in [5.41, 5.74) is -0.185. The normalized spacial score (nSPS) is 10.2. The molecule has 0 aliphatic heterocycles. The summed E-state index contributed by atoms with van der Waals surface area (Å²) in [4.78, 5) is 22.7. The zero-order valence-electron chi connectivity index (χ0n) is 10.4. The van der Waals surface area contributed by atoms with Gasteiger partial charge in [-0.3, -0.25) is 4.79 Å². The van der Waals surface area contributed by atoms with Crippen molar-refractivity contribution in [2.75, 3.05) is 5.32 Å². The zero-order valence-corrected chi connectivity index (χ0v) is 11.9. The number of benzene rings is 2. The Morgan fingerprint density at radius 2 is 1.71 bits per heavy atom. The number of hydrogen-bond donors (Lipinski definition) is 2. The van der Waals surface area contributed by atoms with Crippen LogP contribution in [0.5, 0.6) is 0 Å². The lowest BCUT2D eigenvalue weighted by atomic mass is 10.1. The molecule has 108 valence electrons. The molecule has 0 saturated carbocycles. The quantitative estimate of drug-likeness (QED) is 0.892. The summed E-state index contributed by atoms with van der Waals surface area (Å²) >= 11 is 11.6. The third-order valence-corrected chi connectivity index (χ3v) is 3.18. The van der Waals surface area contributed by atoms with Crippen molar-refractivity contribution in [3.63, 3.8) is 0 Å². The van der Waals surface area contributed by atoms with E-state index in [2.05, 4.69) is 5.32 Å². The first-order valence-electron chi connectivity index (χ1n) is 5.67. The summed E-state index contributed by atoms with van der Waals surface area (Å²) in [5.74, 6) is -2.88. The van der Waals surface area contributed by atoms with Gasteiger partial charge in [0.1, 0.15) is 5.82 Å². The Kier molecular flexibility index (Phi) is 4.45. The second-order valence-electron chi connectivity index (χ2n) is 4.08. The van der Waals surface area contributed by atoms with E-state index in [9.17, 15) is 14.0 Å². The van der Waals surface area contributed by atoms with Crippen LogP contribution in [-0.2, 0) is 0 Å². The van der Waals surface area contributed by atoms with Gasteiger partial charge in [-0.05, 0) is 36.4 Å². The van der Waals surface area contributed by atoms with Crippen molar-refractivity contribution in [1.82, 2.24) is 0 Å². The molecule has 0 aromatic heterocycles. The van der Waals surface area contributed by atoms with Crippen LogP contribution in [0.1, 0.15) is 20.7 Å². The molecule has 7 heteroatoms. The van der Waals surface area contributed by atoms with Crippen molar-refractivity contribution in [2.45, 2.75) is 0 Å². The van der Waals surface area contributed by atoms with Crippen molar-refractivity contribution in [2.24, 2.45) is 0 Å². The molecule has 0 aliphatic carbocycles. The van der Waals surface area contributed by atoms with Crippen LogP contribution in [0.2, 0.25) is 10.0 Å². The number of aromatic carboxylic acids is 1. The van der Waals surface area contributed by atoms with Crippen molar-refractivity contribution in [1.29, 1.82) is 0 Å². The van der Waals surface area contributed by atoms with Crippen LogP contribution < -0.4 is 5.32 Å². The minimum absolute atomic E-state index is 0.119. The highest BCUT2D eigenvalue weighted by Gasteiger charge is 2.14. The van der Waals surface area contributed by atoms with Gasteiger partial charge in [0.05, 0.1) is 16.1 Å². The maximum Gasteiger partial charge on any atom is 0.338 e. The molecule has 0 heterocycles. The number of carboxylic acids is 1. The Morgan fingerprint density at radius 3 is 2.29 bits per heavy atom. The molecule has 4 nitrogen and oxygen atoms in total. The van der Waals surface area contributed by atoms with Gasteiger partial charge in [-0.15, -0.1) is 0 Å². The van der Waals surface area contributed by atoms with Gasteiger partial charge < -0.3 is 10.4 Å². The van der Waals surface area contributed by atoms with Crippen LogP contribution in [0, 0.1) is 5.82 Å². The predicted molar refractivity (Wildman–Crippen MR) is 77.8 cm³/mol. The Labute approximate surface area is 129 Å². The predicted octanol–water partition coefficient (Wildman–Crippen LogP) is 4.08. The van der Waals surface area contributed by atoms with Gasteiger partial charge in [0.25, 0.3) is 5.91 Å². The summed E-state index contributed by atoms with van der Waals surface area (Å²) in [6, 6.07) is 7.61. The number of hydrogen-bond acceptors (Lipinski definition) is 2. The van der Waals surface area contributed by atoms with Crippen molar-refractivity contribution < 1.29 is 19.1 Å². The first-order valence-corrected chi connectivity index (χ1v) is 6.43. The fraction of sp³-hybridized carbons (Fsp3) is 0. The molecule has 2 rings (SSSR count). The smallest absolute Gasteiger partial charge is 0.338 e. The van der Waals surface area contributed by atoms with Crippen molar-refractivity contribution in [3.8, 4) is 0 Å². The second-order valence-corrected chi connectivity index (χ2v) is 4.92. The summed E-state index contributed by atoms with van der Waals surface area (Å²) < 4.78 is 13.5. The number of halogens is 3. The van der Waals surface area contributed by atoms with E-state index in [4.69, 9.17) is 28.3 Å². The zero-order chi connectivity index (χ0) is 15.6. The molecule has 2 aromatic carbocycles. The summed E-state index contributed by atoms with van der Waals surface area (Å²) in [5, 5.41) is 11.7. The van der Waals surface area contributed by atoms with Crippen LogP contribution in [0.15, 0.2) is 36.4 Å². The maximum atomic E-state index is 13.5. The third-order valence-electron chi connectivity index (χ3n) is 2.63. The molecule has 0 saturated heterocycles. The third kappa shape index (κ3) is 3.51. The molecule has 1 amide bonds. The standard InChI is InChI=1S/C14H8Cl2FNO3/c15-7-1-3-9(11(16)5-7)13(19)18-8-2-4-10(14(20)21)12(17)6-8/h1-6H,(H,18,19)(H,20,21). The number of anilines is 1. The number of amides is 1. The highest BCUT2D eigenvalue weighted by Crippen LogP contribution is 2.22. The fourth-order valence-corrected chi connectivity index (χ4v) is 2.13. The molecular formula is C14H8Cl2FNO3. The Balaban J connectivity index is 2.23. The Bertz CT molecular complexity index is 734. The highest BCUT2D eigenvalue weighted by atomic mass is 35.5. The first-order chi connectivity index (χ1) is 9.88. The lowest BCUT2D eigenvalue weighted by Gasteiger charge is -2.08. The molecular weight excluding hydrogens is 320 g/mol. The van der Waals surface area contributed by atoms with Crippen LogP contribution in [-0.4, -0.2) is 17.0 Å². The number of rotatable bonds is 3. The van der Waals surface area contributed by atoms with E-state index in [0.29, 0.717) is 5.02 Å². The van der Waals surface area contributed by atoms with Gasteiger partial charge in [0.2, 0.25) is 0 Å². The van der Waals surface area contributed by atoms with E-state index in [-0.39, 0.29) is 16.3 Å². The van der Waals surface area contributed by atoms with E-state index in [1.807, 2.05) is 0 Å². The maximum absolute atomic E-state index is 13.5. The van der Waals surface area contributed by atoms with Gasteiger partial charge in [0.15, 0.2) is 0 Å². The van der Waals surface area contributed by atoms with E-state index < -0.39 is 23.3 Å². The first kappa shape index (κ1) is 15.3. The molecule has 0 aliphatic rings. The SMILES string of the molecule is O=C(O)c1ccc(NC(=O)c2ccc(Cl)cc2Cl)cc1F. The number of carbonyl (C=O) groups excluding carboxylic acids is 1. The van der Waals surface area contributed by atoms with Gasteiger partial charge >= 0.3 is 5.97 Å². The van der Waals surface area contributed by atoms with Gasteiger partial charge in [-0.2, -0.15) is 0 Å². The average Bonchev–Trinajstić information content (AvgIpc) is 2.37. The van der Waals surface area contributed by atoms with E-state index in [1.54, 1.807) is 0 Å². The Morgan fingerprint density at radius 1 is 1.05 bits per heavy atom. The van der Waals surface area contributed by atoms with Crippen LogP contribution in [0.4, 0.5) is 10.1 Å². The lowest BCUT2D eigenvalue weighted by Crippen LogP contribution is -2.13. The molecule has 2 N–H and O–H groups in total. The number of nitrogens with one attached hydrogen (secondary N) is 1. The molecule has 0 bridgehead atoms. The van der Waals surface area contributed by atoms with Crippen LogP contribution in [0.3, 0.4) is 0 Å². The largest absolute Gasteiger partial charge is 0.478 e. The summed E-state index contributed by atoms with van der Waals surface area (Å²) in [7, 11) is 0. The molecule has 21 heavy (non-hydrogen) atoms. The van der Waals surface area contributed by atoms with Gasteiger partial charge in [-0.25, -0.2) is 9.18 Å². The number of carbonyl (C=O) groups is 2. The minimum Gasteiger partial charge on any atom is -0.478 e. The lowest BCUT2D eigenvalue weighted by molar-refractivity contribution is 0.0692. The van der Waals surface area contributed by atoms with Crippen molar-refractivity contribution >= 4 is 40.8 Å². The molecule has 2 aromatic rings. The van der Waals surface area contributed by atoms with Crippen LogP contribution >= 0.6 is 23.2 Å². The molecule has 0 fully saturated rings. The number of carboxylic acid groups (broad SMARTS) is 1. The molecule has 0 spiro atoms. The van der Waals surface area contributed by atoms with Gasteiger partial charge in [0, 0.05) is 10.7 Å². The monoisotopic (exact) mass is 327 g/mol. The topological polar surface area (TPSA) is 66.4 Å². The van der Waals surface area contributed by atoms with E-state index >= 15 is 0 Å². The Hall–Kier alpha value is -2.11. The minimum atomic E-state index is -1.38. The molecule has 0 radical (unpaired) electrons.